The molecule has 1 aromatic heterocycles. The number of ether oxygens (including phenoxy) is 1. The second kappa shape index (κ2) is 10.6. The molecule has 0 N–H and O–H groups in total. The highest BCUT2D eigenvalue weighted by molar-refractivity contribution is 7.90. The number of nitro groups is 1. The maximum absolute atomic E-state index is 12.5. The normalized spacial score (nSPS) is 12.3. The van der Waals surface area contributed by atoms with Gasteiger partial charge in [0, 0.05) is 31.7 Å². The summed E-state index contributed by atoms with van der Waals surface area (Å²) in [6.45, 7) is 3.18. The molecule has 2 aromatic carbocycles. The van der Waals surface area contributed by atoms with E-state index >= 15 is 0 Å². The van der Waals surface area contributed by atoms with E-state index in [1.54, 1.807) is 41.0 Å². The Morgan fingerprint density at radius 1 is 1.22 bits per heavy atom. The molecular weight excluding hydrogens is 454 g/mol. The maximum atomic E-state index is 12.5. The van der Waals surface area contributed by atoms with Crippen LogP contribution in [-0.4, -0.2) is 42.8 Å². The van der Waals surface area contributed by atoms with Crippen LogP contribution in [0.15, 0.2) is 53.5 Å². The molecule has 0 spiro atoms. The molecule has 0 aliphatic rings. The number of fused-ring (bicyclic) bond motifs is 1. The summed E-state index contributed by atoms with van der Waals surface area (Å²) in [7, 11) is -3.47. The molecule has 0 unspecified atom stereocenters. The third kappa shape index (κ3) is 6.31. The Bertz CT molecular complexity index is 1280. The van der Waals surface area contributed by atoms with Gasteiger partial charge < -0.3 is 9.30 Å². The van der Waals surface area contributed by atoms with Gasteiger partial charge in [0.15, 0.2) is 14.6 Å². The Morgan fingerprint density at radius 3 is 2.66 bits per heavy atom. The van der Waals surface area contributed by atoms with Gasteiger partial charge in [-0.2, -0.15) is 4.99 Å². The molecule has 0 aliphatic carbocycles. The third-order valence-electron chi connectivity index (χ3n) is 4.62. The van der Waals surface area contributed by atoms with E-state index in [1.807, 2.05) is 6.92 Å². The number of rotatable bonds is 10. The van der Waals surface area contributed by atoms with Gasteiger partial charge in [0.2, 0.25) is 5.91 Å². The topological polar surface area (TPSA) is 121 Å². The van der Waals surface area contributed by atoms with Crippen LogP contribution < -0.4 is 4.80 Å². The van der Waals surface area contributed by atoms with E-state index in [4.69, 9.17) is 4.74 Å². The van der Waals surface area contributed by atoms with E-state index in [2.05, 4.69) is 4.99 Å². The van der Waals surface area contributed by atoms with Crippen LogP contribution in [0.1, 0.15) is 18.9 Å². The zero-order valence-corrected chi connectivity index (χ0v) is 19.1. The number of thiazole rings is 1. The second-order valence-corrected chi connectivity index (χ2v) is 10.2. The van der Waals surface area contributed by atoms with Crippen molar-refractivity contribution in [2.75, 3.05) is 19.0 Å². The van der Waals surface area contributed by atoms with Gasteiger partial charge in [-0.1, -0.05) is 41.7 Å². The number of non-ortho nitro benzene ring substituents is 1. The molecule has 170 valence electrons. The van der Waals surface area contributed by atoms with E-state index in [0.717, 1.165) is 11.3 Å². The molecule has 0 radical (unpaired) electrons. The number of carbonyl (C=O) groups excluding carboxylic acids is 1. The smallest absolute Gasteiger partial charge is 0.270 e. The minimum absolute atomic E-state index is 0.0550. The highest BCUT2D eigenvalue weighted by Crippen LogP contribution is 2.23. The van der Waals surface area contributed by atoms with Gasteiger partial charge in [-0.25, -0.2) is 8.42 Å². The molecule has 9 nitrogen and oxygen atoms in total. The van der Waals surface area contributed by atoms with Gasteiger partial charge >= 0.3 is 0 Å². The van der Waals surface area contributed by atoms with Gasteiger partial charge in [-0.05, 0) is 18.6 Å². The molecule has 3 rings (SSSR count). The molecule has 0 bridgehead atoms. The monoisotopic (exact) mass is 477 g/mol. The lowest BCUT2D eigenvalue weighted by atomic mass is 10.2. The summed E-state index contributed by atoms with van der Waals surface area (Å²) in [4.78, 5) is 27.5. The molecule has 0 saturated heterocycles. The molecule has 0 saturated carbocycles. The van der Waals surface area contributed by atoms with Crippen molar-refractivity contribution in [3.8, 4) is 0 Å². The van der Waals surface area contributed by atoms with Crippen LogP contribution in [0, 0.1) is 10.1 Å². The number of hydrogen-bond donors (Lipinski definition) is 0. The van der Waals surface area contributed by atoms with Crippen molar-refractivity contribution in [2.45, 2.75) is 25.6 Å². The Labute approximate surface area is 189 Å². The van der Waals surface area contributed by atoms with E-state index < -0.39 is 20.7 Å². The number of benzene rings is 2. The van der Waals surface area contributed by atoms with Crippen LogP contribution in [0.5, 0.6) is 0 Å². The lowest BCUT2D eigenvalue weighted by molar-refractivity contribution is -0.384. The van der Waals surface area contributed by atoms with E-state index in [1.165, 1.54) is 12.1 Å². The summed E-state index contributed by atoms with van der Waals surface area (Å²) in [5.74, 6) is -1.01. The number of aromatic nitrogens is 1. The molecule has 0 aliphatic heterocycles. The maximum Gasteiger partial charge on any atom is 0.270 e. The minimum Gasteiger partial charge on any atom is -0.380 e. The van der Waals surface area contributed by atoms with Gasteiger partial charge in [-0.3, -0.25) is 14.9 Å². The number of sulfone groups is 1. The van der Waals surface area contributed by atoms with Gasteiger partial charge in [0.25, 0.3) is 5.69 Å². The number of carbonyl (C=O) groups is 1. The Kier molecular flexibility index (Phi) is 7.89. The summed E-state index contributed by atoms with van der Waals surface area (Å²) in [5, 5.41) is 11.1. The molecule has 0 fully saturated rings. The number of nitro benzene ring substituents is 1. The Balaban J connectivity index is 1.82. The van der Waals surface area contributed by atoms with Crippen molar-refractivity contribution in [1.29, 1.82) is 0 Å². The zero-order chi connectivity index (χ0) is 23.1. The highest BCUT2D eigenvalue weighted by atomic mass is 32.2. The van der Waals surface area contributed by atoms with Crippen molar-refractivity contribution in [3.63, 3.8) is 0 Å². The highest BCUT2D eigenvalue weighted by Gasteiger charge is 2.16. The first-order valence-electron chi connectivity index (χ1n) is 9.96. The van der Waals surface area contributed by atoms with E-state index in [9.17, 15) is 23.3 Å². The quantitative estimate of drug-likeness (QED) is 0.251. The lowest BCUT2D eigenvalue weighted by Crippen LogP contribution is -2.20. The summed E-state index contributed by atoms with van der Waals surface area (Å²) in [6.07, 6.45) is -0.241. The van der Waals surface area contributed by atoms with Gasteiger partial charge in [0.1, 0.15) is 0 Å². The van der Waals surface area contributed by atoms with E-state index in [-0.39, 0.29) is 23.6 Å². The first-order valence-corrected chi connectivity index (χ1v) is 12.6. The molecule has 1 amide bonds. The van der Waals surface area contributed by atoms with Crippen LogP contribution in [0.4, 0.5) is 5.69 Å². The average Bonchev–Trinajstić information content (AvgIpc) is 3.09. The molecule has 1 heterocycles. The fourth-order valence-corrected chi connectivity index (χ4v) is 5.52. The van der Waals surface area contributed by atoms with Crippen molar-refractivity contribution in [1.82, 2.24) is 4.57 Å². The zero-order valence-electron chi connectivity index (χ0n) is 17.5. The Morgan fingerprint density at radius 2 is 1.97 bits per heavy atom. The van der Waals surface area contributed by atoms with Crippen LogP contribution in [0.2, 0.25) is 0 Å². The van der Waals surface area contributed by atoms with Gasteiger partial charge in [-0.15, -0.1) is 0 Å². The van der Waals surface area contributed by atoms with Crippen LogP contribution in [-0.2, 0) is 31.7 Å². The molecule has 11 heteroatoms. The van der Waals surface area contributed by atoms with E-state index in [0.29, 0.717) is 40.3 Å². The SMILES string of the molecule is CCOCCn1c(=NC(=O)CCS(=O)(=O)Cc2ccccc2)sc2cc([N+](=O)[O-])ccc21. The summed E-state index contributed by atoms with van der Waals surface area (Å²) >= 11 is 1.14. The fourth-order valence-electron chi connectivity index (χ4n) is 3.08. The van der Waals surface area contributed by atoms with Crippen LogP contribution in [0.25, 0.3) is 10.2 Å². The average molecular weight is 478 g/mol. The largest absolute Gasteiger partial charge is 0.380 e. The number of amides is 1. The lowest BCUT2D eigenvalue weighted by Gasteiger charge is -2.05. The van der Waals surface area contributed by atoms with Crippen molar-refractivity contribution < 1.29 is 22.9 Å². The summed E-state index contributed by atoms with van der Waals surface area (Å²) in [6, 6.07) is 13.2. The minimum atomic E-state index is -3.47. The fraction of sp³-hybridized carbons (Fsp3) is 0.333. The number of nitrogens with zero attached hydrogens (tertiary/aromatic N) is 3. The van der Waals surface area contributed by atoms with Crippen molar-refractivity contribution in [2.24, 2.45) is 4.99 Å². The van der Waals surface area contributed by atoms with Gasteiger partial charge in [0.05, 0.1) is 33.3 Å². The molecule has 32 heavy (non-hydrogen) atoms. The van der Waals surface area contributed by atoms with Crippen LogP contribution in [0.3, 0.4) is 0 Å². The third-order valence-corrected chi connectivity index (χ3v) is 7.26. The molecular formula is C21H23N3O6S2. The summed E-state index contributed by atoms with van der Waals surface area (Å²) < 4.78 is 32.5. The predicted octanol–water partition coefficient (Wildman–Crippen LogP) is 3.08. The standard InChI is InChI=1S/C21H23N3O6S2/c1-2-30-12-11-23-18-9-8-17(24(26)27)14-19(18)31-21(23)22-20(25)10-13-32(28,29)15-16-6-4-3-5-7-16/h3-9,14H,2,10-13,15H2,1H3. The summed E-state index contributed by atoms with van der Waals surface area (Å²) in [5.41, 5.74) is 1.31. The number of hydrogen-bond acceptors (Lipinski definition) is 7. The Hall–Kier alpha value is -2.89. The molecule has 0 atom stereocenters. The predicted molar refractivity (Wildman–Crippen MR) is 122 cm³/mol. The first-order chi connectivity index (χ1) is 15.3. The van der Waals surface area contributed by atoms with Crippen molar-refractivity contribution >= 4 is 43.0 Å². The first kappa shape index (κ1) is 23.8. The van der Waals surface area contributed by atoms with Crippen molar-refractivity contribution in [3.05, 3.63) is 69.0 Å². The van der Waals surface area contributed by atoms with Crippen LogP contribution >= 0.6 is 11.3 Å². The second-order valence-electron chi connectivity index (χ2n) is 6.98. The molecule has 3 aromatic rings.